The zero-order chi connectivity index (χ0) is 30.1. The van der Waals surface area contributed by atoms with Gasteiger partial charge in [0.2, 0.25) is 17.7 Å². The number of nitrogens with one attached hydrogen (secondary N) is 3. The van der Waals surface area contributed by atoms with E-state index < -0.39 is 42.0 Å². The van der Waals surface area contributed by atoms with E-state index in [9.17, 15) is 24.3 Å². The van der Waals surface area contributed by atoms with Gasteiger partial charge in [0.1, 0.15) is 18.1 Å². The van der Waals surface area contributed by atoms with Crippen LogP contribution >= 0.6 is 0 Å². The summed E-state index contributed by atoms with van der Waals surface area (Å²) >= 11 is 0. The van der Waals surface area contributed by atoms with Gasteiger partial charge in [-0.3, -0.25) is 19.4 Å². The SMILES string of the molecule is CC(C)CC(N)C(=O)N1CCCC1C(=O)NC(CCCN=C(N)N)C(=O)NC(Cc1c[nH]c2ccccc12)C(=O)O. The summed E-state index contributed by atoms with van der Waals surface area (Å²) in [5, 5.41) is 16.1. The van der Waals surface area contributed by atoms with Crippen LogP contribution in [0.4, 0.5) is 0 Å². The predicted octanol–water partition coefficient (Wildman–Crippen LogP) is 0.183. The van der Waals surface area contributed by atoms with Crippen molar-refractivity contribution in [1.82, 2.24) is 20.5 Å². The summed E-state index contributed by atoms with van der Waals surface area (Å²) in [4.78, 5) is 60.4. The standard InChI is InChI=1S/C28H42N8O5/c1-16(2)13-19(29)26(39)36-12-6-10-23(36)25(38)34-21(9-5-11-32-28(30)31)24(37)35-22(27(40)41)14-17-15-33-20-8-4-3-7-18(17)20/h3-4,7-8,15-16,19,21-23,33H,5-6,9-14,29H2,1-2H3,(H,34,38)(H,35,37)(H,40,41)(H4,30,31,32). The fraction of sp³-hybridized carbons (Fsp3) is 0.536. The molecular weight excluding hydrogens is 528 g/mol. The van der Waals surface area contributed by atoms with Gasteiger partial charge in [-0.1, -0.05) is 32.0 Å². The van der Waals surface area contributed by atoms with Crippen LogP contribution < -0.4 is 27.8 Å². The third kappa shape index (κ3) is 8.68. The number of aliphatic carboxylic acids is 1. The largest absolute Gasteiger partial charge is 0.480 e. The molecule has 0 aliphatic carbocycles. The lowest BCUT2D eigenvalue weighted by Crippen LogP contribution is -2.57. The van der Waals surface area contributed by atoms with Crippen LogP contribution in [0.5, 0.6) is 0 Å². The molecule has 1 aromatic carbocycles. The Labute approximate surface area is 239 Å². The minimum Gasteiger partial charge on any atom is -0.480 e. The number of aromatic amines is 1. The molecule has 2 aromatic rings. The molecule has 2 heterocycles. The number of carbonyl (C=O) groups excluding carboxylic acids is 3. The summed E-state index contributed by atoms with van der Waals surface area (Å²) in [6.45, 7) is 4.55. The molecule has 0 radical (unpaired) electrons. The van der Waals surface area contributed by atoms with E-state index in [0.717, 1.165) is 16.5 Å². The number of carbonyl (C=O) groups is 4. The van der Waals surface area contributed by atoms with Crippen LogP contribution in [-0.2, 0) is 25.6 Å². The van der Waals surface area contributed by atoms with Gasteiger partial charge in [0, 0.05) is 36.6 Å². The van der Waals surface area contributed by atoms with Gasteiger partial charge >= 0.3 is 5.97 Å². The van der Waals surface area contributed by atoms with Crippen molar-refractivity contribution >= 4 is 40.6 Å². The lowest BCUT2D eigenvalue weighted by molar-refractivity contribution is -0.143. The van der Waals surface area contributed by atoms with E-state index in [4.69, 9.17) is 17.2 Å². The number of H-pyrrole nitrogens is 1. The fourth-order valence-corrected chi connectivity index (χ4v) is 5.16. The lowest BCUT2D eigenvalue weighted by atomic mass is 10.0. The molecule has 3 rings (SSSR count). The first-order valence-corrected chi connectivity index (χ1v) is 14.0. The van der Waals surface area contributed by atoms with E-state index in [1.165, 1.54) is 4.90 Å². The van der Waals surface area contributed by atoms with Crippen molar-refractivity contribution in [1.29, 1.82) is 0 Å². The van der Waals surface area contributed by atoms with Crippen LogP contribution in [0.2, 0.25) is 0 Å². The van der Waals surface area contributed by atoms with Gasteiger partial charge in [0.15, 0.2) is 5.96 Å². The maximum Gasteiger partial charge on any atom is 0.326 e. The van der Waals surface area contributed by atoms with Crippen molar-refractivity contribution < 1.29 is 24.3 Å². The predicted molar refractivity (Wildman–Crippen MR) is 156 cm³/mol. The third-order valence-corrected chi connectivity index (χ3v) is 7.17. The maximum absolute atomic E-state index is 13.4. The van der Waals surface area contributed by atoms with Gasteiger partial charge in [-0.2, -0.15) is 0 Å². The summed E-state index contributed by atoms with van der Waals surface area (Å²) in [5.74, 6) is -2.53. The number of rotatable bonds is 14. The van der Waals surface area contributed by atoms with Gasteiger partial charge in [-0.15, -0.1) is 0 Å². The van der Waals surface area contributed by atoms with E-state index in [0.29, 0.717) is 32.2 Å². The Balaban J connectivity index is 1.73. The number of carboxylic acids is 1. The van der Waals surface area contributed by atoms with Crippen LogP contribution in [0.3, 0.4) is 0 Å². The molecule has 0 spiro atoms. The number of carboxylic acid groups (broad SMARTS) is 1. The Bertz CT molecular complexity index is 1260. The monoisotopic (exact) mass is 570 g/mol. The Morgan fingerprint density at radius 3 is 2.56 bits per heavy atom. The molecule has 1 aliphatic rings. The first kappa shape index (κ1) is 31.4. The molecule has 4 unspecified atom stereocenters. The number of nitrogens with zero attached hydrogens (tertiary/aromatic N) is 2. The first-order valence-electron chi connectivity index (χ1n) is 14.0. The van der Waals surface area contributed by atoms with E-state index in [1.54, 1.807) is 6.20 Å². The number of aliphatic imine (C=N–C) groups is 1. The molecule has 13 heteroatoms. The normalized spacial score (nSPS) is 17.2. The van der Waals surface area contributed by atoms with Crippen molar-refractivity contribution in [3.8, 4) is 0 Å². The molecule has 1 saturated heterocycles. The van der Waals surface area contributed by atoms with Gasteiger partial charge in [-0.25, -0.2) is 4.79 Å². The molecule has 1 fully saturated rings. The van der Waals surface area contributed by atoms with E-state index in [1.807, 2.05) is 38.1 Å². The molecule has 41 heavy (non-hydrogen) atoms. The lowest BCUT2D eigenvalue weighted by Gasteiger charge is -2.29. The number of nitrogens with two attached hydrogens (primary N) is 3. The molecule has 1 aliphatic heterocycles. The van der Waals surface area contributed by atoms with Crippen molar-refractivity contribution in [3.63, 3.8) is 0 Å². The second-order valence-electron chi connectivity index (χ2n) is 10.9. The maximum atomic E-state index is 13.4. The van der Waals surface area contributed by atoms with Gasteiger partial charge in [0.25, 0.3) is 0 Å². The van der Waals surface area contributed by atoms with Crippen molar-refractivity contribution in [3.05, 3.63) is 36.0 Å². The summed E-state index contributed by atoms with van der Waals surface area (Å²) in [5.41, 5.74) is 18.5. The van der Waals surface area contributed by atoms with E-state index >= 15 is 0 Å². The zero-order valence-corrected chi connectivity index (χ0v) is 23.6. The van der Waals surface area contributed by atoms with Crippen molar-refractivity contribution in [2.24, 2.45) is 28.1 Å². The Kier molecular flexibility index (Phi) is 11.1. The van der Waals surface area contributed by atoms with Gasteiger partial charge < -0.3 is 42.8 Å². The average molecular weight is 571 g/mol. The number of likely N-dealkylation sites (tertiary alicyclic amines) is 1. The van der Waals surface area contributed by atoms with Crippen LogP contribution in [0, 0.1) is 5.92 Å². The highest BCUT2D eigenvalue weighted by molar-refractivity contribution is 5.94. The zero-order valence-electron chi connectivity index (χ0n) is 23.6. The number of hydrogen-bond acceptors (Lipinski definition) is 6. The highest BCUT2D eigenvalue weighted by atomic mass is 16.4. The summed E-state index contributed by atoms with van der Waals surface area (Å²) < 4.78 is 0. The number of aromatic nitrogens is 1. The highest BCUT2D eigenvalue weighted by Crippen LogP contribution is 2.21. The molecule has 224 valence electrons. The summed E-state index contributed by atoms with van der Waals surface area (Å²) in [6.07, 6.45) is 3.82. The van der Waals surface area contributed by atoms with Crippen LogP contribution in [0.1, 0.15) is 51.5 Å². The summed E-state index contributed by atoms with van der Waals surface area (Å²) in [7, 11) is 0. The molecule has 0 saturated carbocycles. The minimum absolute atomic E-state index is 0.0401. The second kappa shape index (κ2) is 14.5. The first-order chi connectivity index (χ1) is 19.5. The van der Waals surface area contributed by atoms with Crippen LogP contribution in [0.25, 0.3) is 10.9 Å². The minimum atomic E-state index is -1.24. The second-order valence-corrected chi connectivity index (χ2v) is 10.9. The number of fused-ring (bicyclic) bond motifs is 1. The Hall–Kier alpha value is -4.13. The molecule has 4 atom stereocenters. The quantitative estimate of drug-likeness (QED) is 0.0940. The average Bonchev–Trinajstić information content (AvgIpc) is 3.56. The van der Waals surface area contributed by atoms with Gasteiger partial charge in [0.05, 0.1) is 6.04 Å². The molecular formula is C28H42N8O5. The van der Waals surface area contributed by atoms with Gasteiger partial charge in [-0.05, 0) is 49.7 Å². The number of guanidine groups is 1. The Morgan fingerprint density at radius 2 is 1.88 bits per heavy atom. The van der Waals surface area contributed by atoms with Crippen LogP contribution in [0.15, 0.2) is 35.5 Å². The van der Waals surface area contributed by atoms with E-state index in [-0.39, 0.29) is 37.2 Å². The number of hydrogen-bond donors (Lipinski definition) is 7. The molecule has 1 aromatic heterocycles. The molecule has 0 bridgehead atoms. The topological polar surface area (TPSA) is 222 Å². The third-order valence-electron chi connectivity index (χ3n) is 7.17. The number of amides is 3. The van der Waals surface area contributed by atoms with E-state index in [2.05, 4.69) is 20.6 Å². The molecule has 10 N–H and O–H groups in total. The molecule has 13 nitrogen and oxygen atoms in total. The van der Waals surface area contributed by atoms with Crippen molar-refractivity contribution in [2.75, 3.05) is 13.1 Å². The smallest absolute Gasteiger partial charge is 0.326 e. The molecule has 3 amide bonds. The highest BCUT2D eigenvalue weighted by Gasteiger charge is 2.38. The van der Waals surface area contributed by atoms with Crippen LogP contribution in [-0.4, -0.2) is 81.9 Å². The van der Waals surface area contributed by atoms with Crippen molar-refractivity contribution in [2.45, 2.75) is 76.5 Å². The summed E-state index contributed by atoms with van der Waals surface area (Å²) in [6, 6.07) is 3.67. The Morgan fingerprint density at radius 1 is 1.15 bits per heavy atom. The fourth-order valence-electron chi connectivity index (χ4n) is 5.16. The number of benzene rings is 1. The number of para-hydroxylation sites is 1.